The first kappa shape index (κ1) is 16.4. The Kier molecular flexibility index (Phi) is 5.26. The SMILES string of the molecule is NC(=O)CSc1ccccc1C(=O)N1CC[C@H]2CCCC[C@H]2C1. The lowest BCUT2D eigenvalue weighted by atomic mass is 9.75. The summed E-state index contributed by atoms with van der Waals surface area (Å²) in [5.74, 6) is 1.43. The molecule has 1 aliphatic heterocycles. The molecule has 1 aromatic carbocycles. The number of likely N-dealkylation sites (tertiary alicyclic amines) is 1. The molecule has 5 heteroatoms. The molecule has 4 nitrogen and oxygen atoms in total. The fourth-order valence-electron chi connectivity index (χ4n) is 3.87. The van der Waals surface area contributed by atoms with Crippen molar-refractivity contribution in [2.75, 3.05) is 18.8 Å². The van der Waals surface area contributed by atoms with Crippen LogP contribution in [0.15, 0.2) is 29.2 Å². The maximum atomic E-state index is 12.9. The lowest BCUT2D eigenvalue weighted by Gasteiger charge is -2.41. The Bertz CT molecular complexity index is 590. The zero-order valence-corrected chi connectivity index (χ0v) is 14.2. The van der Waals surface area contributed by atoms with Crippen LogP contribution >= 0.6 is 11.8 Å². The highest BCUT2D eigenvalue weighted by molar-refractivity contribution is 8.00. The molecule has 1 aliphatic carbocycles. The molecule has 23 heavy (non-hydrogen) atoms. The van der Waals surface area contributed by atoms with E-state index in [0.717, 1.165) is 30.3 Å². The zero-order valence-electron chi connectivity index (χ0n) is 13.4. The first-order chi connectivity index (χ1) is 11.1. The second kappa shape index (κ2) is 7.39. The van der Waals surface area contributed by atoms with Gasteiger partial charge in [0.15, 0.2) is 0 Å². The highest BCUT2D eigenvalue weighted by Crippen LogP contribution is 2.36. The standard InChI is InChI=1S/C18H24N2O2S/c19-17(21)12-23-16-8-4-3-7-15(16)18(22)20-10-9-13-5-1-2-6-14(13)11-20/h3-4,7-8,13-14H,1-2,5-6,9-12H2,(H2,19,21)/t13-,14+/m1/s1. The molecule has 0 radical (unpaired) electrons. The van der Waals surface area contributed by atoms with Gasteiger partial charge < -0.3 is 10.6 Å². The molecule has 2 fully saturated rings. The maximum Gasteiger partial charge on any atom is 0.254 e. The van der Waals surface area contributed by atoms with Crippen LogP contribution in [0.2, 0.25) is 0 Å². The van der Waals surface area contributed by atoms with Crippen LogP contribution in [0.3, 0.4) is 0 Å². The molecule has 124 valence electrons. The minimum Gasteiger partial charge on any atom is -0.369 e. The third-order valence-corrected chi connectivity index (χ3v) is 6.16. The van der Waals surface area contributed by atoms with E-state index in [1.807, 2.05) is 29.2 Å². The summed E-state index contributed by atoms with van der Waals surface area (Å²) in [6, 6.07) is 7.54. The lowest BCUT2D eigenvalue weighted by molar-refractivity contribution is -0.115. The van der Waals surface area contributed by atoms with E-state index in [-0.39, 0.29) is 17.6 Å². The zero-order chi connectivity index (χ0) is 16.2. The Morgan fingerprint density at radius 1 is 1.13 bits per heavy atom. The van der Waals surface area contributed by atoms with Gasteiger partial charge in [-0.25, -0.2) is 0 Å². The first-order valence-electron chi connectivity index (χ1n) is 8.44. The van der Waals surface area contributed by atoms with Crippen LogP contribution < -0.4 is 5.73 Å². The maximum absolute atomic E-state index is 12.9. The van der Waals surface area contributed by atoms with E-state index in [9.17, 15) is 9.59 Å². The van der Waals surface area contributed by atoms with Gasteiger partial charge in [0.05, 0.1) is 11.3 Å². The summed E-state index contributed by atoms with van der Waals surface area (Å²) in [6.07, 6.45) is 6.37. The Labute approximate surface area is 141 Å². The number of amides is 2. The van der Waals surface area contributed by atoms with Crippen LogP contribution in [-0.4, -0.2) is 35.6 Å². The molecule has 1 heterocycles. The summed E-state index contributed by atoms with van der Waals surface area (Å²) in [5.41, 5.74) is 5.93. The molecule has 3 rings (SSSR count). The number of hydrogen-bond acceptors (Lipinski definition) is 3. The minimum absolute atomic E-state index is 0.0987. The number of primary amides is 1. The summed E-state index contributed by atoms with van der Waals surface area (Å²) in [4.78, 5) is 26.8. The van der Waals surface area contributed by atoms with E-state index < -0.39 is 0 Å². The van der Waals surface area contributed by atoms with Crippen molar-refractivity contribution >= 4 is 23.6 Å². The Morgan fingerprint density at radius 3 is 2.65 bits per heavy atom. The number of carbonyl (C=O) groups is 2. The van der Waals surface area contributed by atoms with Crippen molar-refractivity contribution in [1.29, 1.82) is 0 Å². The molecular formula is C18H24N2O2S. The monoisotopic (exact) mass is 332 g/mol. The number of benzene rings is 1. The van der Waals surface area contributed by atoms with Gasteiger partial charge in [-0.05, 0) is 36.8 Å². The van der Waals surface area contributed by atoms with Crippen molar-refractivity contribution < 1.29 is 9.59 Å². The average molecular weight is 332 g/mol. The third-order valence-electron chi connectivity index (χ3n) is 5.07. The molecule has 1 aromatic rings. The molecule has 1 saturated heterocycles. The predicted molar refractivity (Wildman–Crippen MR) is 92.3 cm³/mol. The number of rotatable bonds is 4. The van der Waals surface area contributed by atoms with Gasteiger partial charge in [0.2, 0.25) is 5.91 Å². The smallest absolute Gasteiger partial charge is 0.254 e. The quantitative estimate of drug-likeness (QED) is 0.862. The number of nitrogens with zero attached hydrogens (tertiary/aromatic N) is 1. The molecule has 2 aliphatic rings. The molecule has 0 aromatic heterocycles. The van der Waals surface area contributed by atoms with Crippen molar-refractivity contribution in [3.8, 4) is 0 Å². The Morgan fingerprint density at radius 2 is 1.87 bits per heavy atom. The fourth-order valence-corrected chi connectivity index (χ4v) is 4.66. The van der Waals surface area contributed by atoms with Crippen molar-refractivity contribution in [3.63, 3.8) is 0 Å². The van der Waals surface area contributed by atoms with Crippen LogP contribution in [0.5, 0.6) is 0 Å². The van der Waals surface area contributed by atoms with E-state index >= 15 is 0 Å². The van der Waals surface area contributed by atoms with E-state index in [1.165, 1.54) is 37.4 Å². The molecular weight excluding hydrogens is 308 g/mol. The molecule has 1 saturated carbocycles. The van der Waals surface area contributed by atoms with Gasteiger partial charge in [0.25, 0.3) is 5.91 Å². The molecule has 0 bridgehead atoms. The topological polar surface area (TPSA) is 63.4 Å². The minimum atomic E-state index is -0.361. The van der Waals surface area contributed by atoms with Crippen molar-refractivity contribution in [2.45, 2.75) is 37.0 Å². The van der Waals surface area contributed by atoms with Crippen molar-refractivity contribution in [3.05, 3.63) is 29.8 Å². The molecule has 2 atom stereocenters. The Hall–Kier alpha value is -1.49. The van der Waals surface area contributed by atoms with Gasteiger partial charge >= 0.3 is 0 Å². The van der Waals surface area contributed by atoms with Gasteiger partial charge in [-0.2, -0.15) is 0 Å². The molecule has 0 spiro atoms. The second-order valence-electron chi connectivity index (χ2n) is 6.60. The summed E-state index contributed by atoms with van der Waals surface area (Å²) in [7, 11) is 0. The van der Waals surface area contributed by atoms with E-state index in [0.29, 0.717) is 11.5 Å². The van der Waals surface area contributed by atoms with Gasteiger partial charge in [0.1, 0.15) is 0 Å². The van der Waals surface area contributed by atoms with Crippen LogP contribution in [-0.2, 0) is 4.79 Å². The first-order valence-corrected chi connectivity index (χ1v) is 9.43. The van der Waals surface area contributed by atoms with Gasteiger partial charge in [0, 0.05) is 18.0 Å². The number of thioether (sulfide) groups is 1. The molecule has 2 amide bonds. The number of piperidine rings is 1. The Balaban J connectivity index is 1.71. The highest BCUT2D eigenvalue weighted by atomic mass is 32.2. The largest absolute Gasteiger partial charge is 0.369 e. The number of fused-ring (bicyclic) bond motifs is 1. The second-order valence-corrected chi connectivity index (χ2v) is 7.61. The third kappa shape index (κ3) is 3.89. The predicted octanol–water partition coefficient (Wildman–Crippen LogP) is 2.92. The van der Waals surface area contributed by atoms with Crippen molar-refractivity contribution in [1.82, 2.24) is 4.90 Å². The molecule has 2 N–H and O–H groups in total. The number of nitrogens with two attached hydrogens (primary N) is 1. The van der Waals surface area contributed by atoms with Crippen LogP contribution in [0.25, 0.3) is 0 Å². The normalized spacial score (nSPS) is 24.1. The summed E-state index contributed by atoms with van der Waals surface area (Å²) >= 11 is 1.35. The van der Waals surface area contributed by atoms with Crippen molar-refractivity contribution in [2.24, 2.45) is 17.6 Å². The van der Waals surface area contributed by atoms with Crippen LogP contribution in [0, 0.1) is 11.8 Å². The highest BCUT2D eigenvalue weighted by Gasteiger charge is 2.33. The van der Waals surface area contributed by atoms with Crippen LogP contribution in [0.1, 0.15) is 42.5 Å². The fraction of sp³-hybridized carbons (Fsp3) is 0.556. The summed E-state index contributed by atoms with van der Waals surface area (Å²) < 4.78 is 0. The van der Waals surface area contributed by atoms with E-state index in [1.54, 1.807) is 0 Å². The van der Waals surface area contributed by atoms with Gasteiger partial charge in [-0.3, -0.25) is 9.59 Å². The van der Waals surface area contributed by atoms with Gasteiger partial charge in [-0.15, -0.1) is 11.8 Å². The van der Waals surface area contributed by atoms with E-state index in [2.05, 4.69) is 0 Å². The van der Waals surface area contributed by atoms with E-state index in [4.69, 9.17) is 5.73 Å². The number of hydrogen-bond donors (Lipinski definition) is 1. The summed E-state index contributed by atoms with van der Waals surface area (Å²) in [6.45, 7) is 1.74. The number of carbonyl (C=O) groups excluding carboxylic acids is 2. The average Bonchev–Trinajstić information content (AvgIpc) is 2.59. The van der Waals surface area contributed by atoms with Gasteiger partial charge in [-0.1, -0.05) is 31.4 Å². The summed E-state index contributed by atoms with van der Waals surface area (Å²) in [5, 5.41) is 0. The van der Waals surface area contributed by atoms with Crippen LogP contribution in [0.4, 0.5) is 0 Å². The molecule has 0 unspecified atom stereocenters. The lowest BCUT2D eigenvalue weighted by Crippen LogP contribution is -2.44.